The Kier molecular flexibility index (Phi) is 3.22. The van der Waals surface area contributed by atoms with Gasteiger partial charge in [-0.15, -0.1) is 45.7 Å². The Labute approximate surface area is 125 Å². The standard InChI is InChI=1S/C11H11N7S2/c1-17-8(13-15-10(17)19)6-4-3-5-7(12-6)9-14-16-11(20)18(9)2/h3-5H,1-2H3,(H,15,19)(H,16,20). The van der Waals surface area contributed by atoms with Crippen molar-refractivity contribution in [1.82, 2.24) is 34.5 Å². The molecule has 0 N–H and O–H groups in total. The van der Waals surface area contributed by atoms with Gasteiger partial charge in [0.25, 0.3) is 0 Å². The molecule has 3 aromatic heterocycles. The molecule has 9 heteroatoms. The molecule has 7 nitrogen and oxygen atoms in total. The third-order valence-electron chi connectivity index (χ3n) is 2.91. The Hall–Kier alpha value is -1.87. The fraction of sp³-hybridized carbons (Fsp3) is 0.182. The van der Waals surface area contributed by atoms with Crippen molar-refractivity contribution in [2.24, 2.45) is 14.1 Å². The van der Waals surface area contributed by atoms with Crippen molar-refractivity contribution >= 4 is 25.3 Å². The van der Waals surface area contributed by atoms with Gasteiger partial charge in [0.05, 0.1) is 0 Å². The van der Waals surface area contributed by atoms with Gasteiger partial charge in [-0.1, -0.05) is 6.07 Å². The topological polar surface area (TPSA) is 74.3 Å². The SMILES string of the molecule is Cn1c(S)nnc1-c1cccc(-c2nnc(S)n2C)n1. The van der Waals surface area contributed by atoms with Gasteiger partial charge in [-0.25, -0.2) is 4.98 Å². The van der Waals surface area contributed by atoms with E-state index >= 15 is 0 Å². The second kappa shape index (κ2) is 4.91. The van der Waals surface area contributed by atoms with E-state index in [9.17, 15) is 0 Å². The molecule has 0 saturated carbocycles. The number of pyridine rings is 1. The van der Waals surface area contributed by atoms with Crippen molar-refractivity contribution in [1.29, 1.82) is 0 Å². The van der Waals surface area contributed by atoms with Gasteiger partial charge in [0.1, 0.15) is 11.4 Å². The molecule has 0 aliphatic rings. The zero-order valence-electron chi connectivity index (χ0n) is 10.8. The van der Waals surface area contributed by atoms with E-state index in [1.54, 1.807) is 9.13 Å². The van der Waals surface area contributed by atoms with Crippen LogP contribution in [0.1, 0.15) is 0 Å². The molecule has 3 rings (SSSR count). The van der Waals surface area contributed by atoms with E-state index in [4.69, 9.17) is 0 Å². The summed E-state index contributed by atoms with van der Waals surface area (Å²) >= 11 is 8.42. The molecule has 0 saturated heterocycles. The van der Waals surface area contributed by atoms with E-state index < -0.39 is 0 Å². The number of thiol groups is 2. The summed E-state index contributed by atoms with van der Waals surface area (Å²) in [5, 5.41) is 17.0. The van der Waals surface area contributed by atoms with Crippen molar-refractivity contribution in [2.45, 2.75) is 10.3 Å². The quantitative estimate of drug-likeness (QED) is 0.697. The first-order chi connectivity index (χ1) is 9.58. The van der Waals surface area contributed by atoms with E-state index in [1.807, 2.05) is 32.3 Å². The Morgan fingerprint density at radius 3 is 1.60 bits per heavy atom. The van der Waals surface area contributed by atoms with E-state index in [0.29, 0.717) is 33.3 Å². The Balaban J connectivity index is 2.11. The van der Waals surface area contributed by atoms with Gasteiger partial charge in [0.2, 0.25) is 0 Å². The van der Waals surface area contributed by atoms with Crippen LogP contribution in [-0.4, -0.2) is 34.5 Å². The molecule has 0 amide bonds. The number of hydrogen-bond donors (Lipinski definition) is 2. The lowest BCUT2D eigenvalue weighted by Gasteiger charge is -2.04. The first-order valence-electron chi connectivity index (χ1n) is 5.72. The molecule has 0 radical (unpaired) electrons. The van der Waals surface area contributed by atoms with Crippen LogP contribution < -0.4 is 0 Å². The zero-order chi connectivity index (χ0) is 14.3. The molecule has 102 valence electrons. The molecule has 0 aliphatic heterocycles. The second-order valence-corrected chi connectivity index (χ2v) is 4.97. The van der Waals surface area contributed by atoms with Gasteiger partial charge >= 0.3 is 0 Å². The summed E-state index contributed by atoms with van der Waals surface area (Å²) in [6, 6.07) is 5.61. The predicted octanol–water partition coefficient (Wildman–Crippen LogP) is 1.25. The molecule has 0 aliphatic carbocycles. The fourth-order valence-electron chi connectivity index (χ4n) is 1.77. The van der Waals surface area contributed by atoms with E-state index in [1.165, 1.54) is 0 Å². The lowest BCUT2D eigenvalue weighted by molar-refractivity contribution is 0.793. The van der Waals surface area contributed by atoms with Crippen LogP contribution in [0.15, 0.2) is 28.5 Å². The van der Waals surface area contributed by atoms with Crippen LogP contribution in [0, 0.1) is 0 Å². The molecular weight excluding hydrogens is 294 g/mol. The van der Waals surface area contributed by atoms with E-state index in [0.717, 1.165) is 0 Å². The minimum Gasteiger partial charge on any atom is -0.304 e. The summed E-state index contributed by atoms with van der Waals surface area (Å²) in [7, 11) is 3.67. The minimum absolute atomic E-state index is 0.531. The summed E-state index contributed by atoms with van der Waals surface area (Å²) in [4.78, 5) is 4.55. The van der Waals surface area contributed by atoms with Crippen molar-refractivity contribution in [3.8, 4) is 23.0 Å². The third kappa shape index (κ3) is 2.08. The number of hydrogen-bond acceptors (Lipinski definition) is 7. The average molecular weight is 305 g/mol. The normalized spacial score (nSPS) is 11.0. The number of rotatable bonds is 2. The Bertz CT molecular complexity index is 715. The van der Waals surface area contributed by atoms with E-state index in [2.05, 4.69) is 50.6 Å². The van der Waals surface area contributed by atoms with Crippen LogP contribution >= 0.6 is 25.3 Å². The highest BCUT2D eigenvalue weighted by molar-refractivity contribution is 7.80. The summed E-state index contributed by atoms with van der Waals surface area (Å²) < 4.78 is 3.52. The third-order valence-corrected chi connectivity index (χ3v) is 3.69. The summed E-state index contributed by atoms with van der Waals surface area (Å²) in [6.45, 7) is 0. The Morgan fingerprint density at radius 2 is 1.25 bits per heavy atom. The van der Waals surface area contributed by atoms with Crippen molar-refractivity contribution < 1.29 is 0 Å². The summed E-state index contributed by atoms with van der Waals surface area (Å²) in [6.07, 6.45) is 0. The van der Waals surface area contributed by atoms with Gasteiger partial charge in [0.15, 0.2) is 22.0 Å². The van der Waals surface area contributed by atoms with Crippen LogP contribution in [0.5, 0.6) is 0 Å². The molecule has 0 bridgehead atoms. The van der Waals surface area contributed by atoms with Crippen LogP contribution in [0.2, 0.25) is 0 Å². The predicted molar refractivity (Wildman–Crippen MR) is 78.7 cm³/mol. The molecule has 0 atom stereocenters. The number of aromatic nitrogens is 7. The van der Waals surface area contributed by atoms with Crippen molar-refractivity contribution in [3.63, 3.8) is 0 Å². The molecule has 3 heterocycles. The van der Waals surface area contributed by atoms with Crippen LogP contribution in [-0.2, 0) is 14.1 Å². The van der Waals surface area contributed by atoms with E-state index in [-0.39, 0.29) is 0 Å². The van der Waals surface area contributed by atoms with Crippen LogP contribution in [0.3, 0.4) is 0 Å². The maximum atomic E-state index is 4.55. The fourth-order valence-corrected chi connectivity index (χ4v) is 2.05. The zero-order valence-corrected chi connectivity index (χ0v) is 12.5. The van der Waals surface area contributed by atoms with Gasteiger partial charge in [-0.05, 0) is 12.1 Å². The lowest BCUT2D eigenvalue weighted by atomic mass is 10.3. The minimum atomic E-state index is 0.531. The average Bonchev–Trinajstić information content (AvgIpc) is 2.95. The van der Waals surface area contributed by atoms with Crippen LogP contribution in [0.25, 0.3) is 23.0 Å². The monoisotopic (exact) mass is 305 g/mol. The van der Waals surface area contributed by atoms with Crippen molar-refractivity contribution in [2.75, 3.05) is 0 Å². The molecule has 0 spiro atoms. The first-order valence-corrected chi connectivity index (χ1v) is 6.62. The molecule has 0 unspecified atom stereocenters. The molecule has 20 heavy (non-hydrogen) atoms. The van der Waals surface area contributed by atoms with Crippen molar-refractivity contribution in [3.05, 3.63) is 18.2 Å². The highest BCUT2D eigenvalue weighted by atomic mass is 32.1. The molecule has 0 aromatic carbocycles. The smallest absolute Gasteiger partial charge is 0.188 e. The first kappa shape index (κ1) is 13.1. The summed E-state index contributed by atoms with van der Waals surface area (Å²) in [5.74, 6) is 1.29. The highest BCUT2D eigenvalue weighted by Gasteiger charge is 2.14. The van der Waals surface area contributed by atoms with Gasteiger partial charge in [-0.2, -0.15) is 0 Å². The van der Waals surface area contributed by atoms with Gasteiger partial charge in [0, 0.05) is 14.1 Å². The Morgan fingerprint density at radius 1 is 0.800 bits per heavy atom. The van der Waals surface area contributed by atoms with Gasteiger partial charge in [-0.3, -0.25) is 0 Å². The molecule has 0 fully saturated rings. The summed E-state index contributed by atoms with van der Waals surface area (Å²) in [5.41, 5.74) is 1.39. The van der Waals surface area contributed by atoms with Gasteiger partial charge < -0.3 is 9.13 Å². The largest absolute Gasteiger partial charge is 0.304 e. The lowest BCUT2D eigenvalue weighted by Crippen LogP contribution is -1.99. The molecule has 3 aromatic rings. The maximum absolute atomic E-state index is 4.55. The van der Waals surface area contributed by atoms with Crippen LogP contribution in [0.4, 0.5) is 0 Å². The second-order valence-electron chi connectivity index (χ2n) is 4.17. The highest BCUT2D eigenvalue weighted by Crippen LogP contribution is 2.21. The maximum Gasteiger partial charge on any atom is 0.188 e. The molecular formula is C11H11N7S2. The number of nitrogens with zero attached hydrogens (tertiary/aromatic N) is 7.